The lowest BCUT2D eigenvalue weighted by Crippen LogP contribution is -2.40. The Balaban J connectivity index is 1.29. The lowest BCUT2D eigenvalue weighted by molar-refractivity contribution is 0.171. The van der Waals surface area contributed by atoms with Gasteiger partial charge in [-0.1, -0.05) is 28.9 Å². The summed E-state index contributed by atoms with van der Waals surface area (Å²) in [5, 5.41) is 8.70. The standard InChI is InChI=1S/C24H23ClN6O5S/c25-17-5-1-3-15(11-17)13-31-23-21(28-29-31)24(32)27-22(26-23)16-4-2-8-30(14-16)37(33,34)18-6-7-19-20(12-18)36-10-9-35-19/h1,3,5-7,11-12,16H,2,4,8-10,13-14H2,(H,26,27,32)/t16-/m1/s1. The van der Waals surface area contributed by atoms with Crippen LogP contribution in [-0.4, -0.2) is 64.0 Å². The molecule has 0 radical (unpaired) electrons. The van der Waals surface area contributed by atoms with Gasteiger partial charge in [-0.15, -0.1) is 5.10 Å². The number of nitrogens with zero attached hydrogens (tertiary/aromatic N) is 5. The third kappa shape index (κ3) is 4.56. The number of fused-ring (bicyclic) bond motifs is 2. The van der Waals surface area contributed by atoms with Gasteiger partial charge < -0.3 is 14.5 Å². The fourth-order valence-corrected chi connectivity index (χ4v) is 6.46. The van der Waals surface area contributed by atoms with E-state index in [-0.39, 0.29) is 22.9 Å². The number of piperidine rings is 1. The average molecular weight is 543 g/mol. The van der Waals surface area contributed by atoms with Gasteiger partial charge in [0.2, 0.25) is 10.0 Å². The number of rotatable bonds is 5. The second kappa shape index (κ2) is 9.43. The number of aromatic nitrogens is 5. The molecule has 4 aromatic rings. The Morgan fingerprint density at radius 1 is 1.11 bits per heavy atom. The van der Waals surface area contributed by atoms with Crippen LogP contribution >= 0.6 is 11.6 Å². The first kappa shape index (κ1) is 23.9. The van der Waals surface area contributed by atoms with E-state index in [1.807, 2.05) is 18.2 Å². The summed E-state index contributed by atoms with van der Waals surface area (Å²) < 4.78 is 41.0. The van der Waals surface area contributed by atoms with E-state index in [4.69, 9.17) is 21.1 Å². The summed E-state index contributed by atoms with van der Waals surface area (Å²) in [5.41, 5.74) is 0.939. The van der Waals surface area contributed by atoms with Gasteiger partial charge in [0.05, 0.1) is 11.4 Å². The third-order valence-electron chi connectivity index (χ3n) is 6.54. The molecule has 1 N–H and O–H groups in total. The van der Waals surface area contributed by atoms with Gasteiger partial charge >= 0.3 is 0 Å². The molecule has 2 aliphatic heterocycles. The number of benzene rings is 2. The van der Waals surface area contributed by atoms with Crippen molar-refractivity contribution in [3.8, 4) is 11.5 Å². The van der Waals surface area contributed by atoms with Gasteiger partial charge in [0, 0.05) is 30.1 Å². The van der Waals surface area contributed by atoms with Crippen LogP contribution in [0.5, 0.6) is 11.5 Å². The maximum atomic E-state index is 13.5. The van der Waals surface area contributed by atoms with E-state index >= 15 is 0 Å². The predicted octanol–water partition coefficient (Wildman–Crippen LogP) is 2.56. The number of hydrogen-bond acceptors (Lipinski definition) is 8. The van der Waals surface area contributed by atoms with Crippen LogP contribution in [-0.2, 0) is 16.6 Å². The summed E-state index contributed by atoms with van der Waals surface area (Å²) in [4.78, 5) is 20.4. The zero-order chi connectivity index (χ0) is 25.6. The zero-order valence-corrected chi connectivity index (χ0v) is 21.2. The van der Waals surface area contributed by atoms with Crippen LogP contribution in [0.2, 0.25) is 5.02 Å². The number of halogens is 1. The predicted molar refractivity (Wildman–Crippen MR) is 135 cm³/mol. The fourth-order valence-electron chi connectivity index (χ4n) is 4.71. The van der Waals surface area contributed by atoms with Crippen LogP contribution in [0, 0.1) is 0 Å². The molecule has 2 aliphatic rings. The summed E-state index contributed by atoms with van der Waals surface area (Å²) in [6.45, 7) is 1.68. The molecule has 0 aliphatic carbocycles. The van der Waals surface area contributed by atoms with Crippen molar-refractivity contribution < 1.29 is 17.9 Å². The van der Waals surface area contributed by atoms with E-state index in [1.165, 1.54) is 16.4 Å². The number of aromatic amines is 1. The smallest absolute Gasteiger partial charge is 0.281 e. The van der Waals surface area contributed by atoms with Crippen molar-refractivity contribution in [2.75, 3.05) is 26.3 Å². The molecule has 37 heavy (non-hydrogen) atoms. The Morgan fingerprint density at radius 2 is 1.95 bits per heavy atom. The molecule has 13 heteroatoms. The lowest BCUT2D eigenvalue weighted by Gasteiger charge is -2.31. The Kier molecular flexibility index (Phi) is 6.09. The van der Waals surface area contributed by atoms with Gasteiger partial charge in [0.1, 0.15) is 19.0 Å². The molecule has 0 bridgehead atoms. The van der Waals surface area contributed by atoms with Crippen LogP contribution in [0.4, 0.5) is 0 Å². The van der Waals surface area contributed by atoms with Gasteiger partial charge in [0.25, 0.3) is 5.56 Å². The maximum Gasteiger partial charge on any atom is 0.281 e. The Hall–Kier alpha value is -3.48. The minimum Gasteiger partial charge on any atom is -0.486 e. The molecular formula is C24H23ClN6O5S. The normalized spacial score (nSPS) is 18.2. The monoisotopic (exact) mass is 542 g/mol. The van der Waals surface area contributed by atoms with Crippen LogP contribution in [0.15, 0.2) is 52.2 Å². The first-order chi connectivity index (χ1) is 17.9. The van der Waals surface area contributed by atoms with Crippen molar-refractivity contribution in [1.29, 1.82) is 0 Å². The van der Waals surface area contributed by atoms with Crippen LogP contribution < -0.4 is 15.0 Å². The maximum absolute atomic E-state index is 13.5. The second-order valence-corrected chi connectivity index (χ2v) is 11.4. The van der Waals surface area contributed by atoms with Crippen molar-refractivity contribution >= 4 is 32.8 Å². The molecule has 1 fully saturated rings. The molecule has 2 aromatic carbocycles. The summed E-state index contributed by atoms with van der Waals surface area (Å²) in [6, 6.07) is 12.0. The fraction of sp³-hybridized carbons (Fsp3) is 0.333. The van der Waals surface area contributed by atoms with E-state index < -0.39 is 15.6 Å². The highest BCUT2D eigenvalue weighted by atomic mass is 35.5. The first-order valence-electron chi connectivity index (χ1n) is 11.9. The number of nitrogens with one attached hydrogen (secondary N) is 1. The number of H-pyrrole nitrogens is 1. The molecule has 192 valence electrons. The molecule has 1 atom stereocenters. The topological polar surface area (TPSA) is 132 Å². The van der Waals surface area contributed by atoms with Crippen molar-refractivity contribution in [3.63, 3.8) is 0 Å². The minimum atomic E-state index is -3.80. The third-order valence-corrected chi connectivity index (χ3v) is 8.63. The van der Waals surface area contributed by atoms with E-state index in [2.05, 4.69) is 20.3 Å². The SMILES string of the molecule is O=c1[nH]c([C@@H]2CCCN(S(=O)(=O)c3ccc4c(c3)OCCO4)C2)nc2c1nnn2Cc1cccc(Cl)c1. The number of sulfonamides is 1. The molecule has 0 unspecified atom stereocenters. The summed E-state index contributed by atoms with van der Waals surface area (Å²) in [7, 11) is -3.80. The molecule has 11 nitrogen and oxygen atoms in total. The lowest BCUT2D eigenvalue weighted by atomic mass is 9.99. The first-order valence-corrected chi connectivity index (χ1v) is 13.7. The molecule has 6 rings (SSSR count). The van der Waals surface area contributed by atoms with Crippen molar-refractivity contribution in [2.45, 2.75) is 30.2 Å². The summed E-state index contributed by atoms with van der Waals surface area (Å²) >= 11 is 6.10. The van der Waals surface area contributed by atoms with Crippen molar-refractivity contribution in [3.05, 3.63) is 69.2 Å². The average Bonchev–Trinajstić information content (AvgIpc) is 3.31. The van der Waals surface area contributed by atoms with Crippen LogP contribution in [0.1, 0.15) is 30.1 Å². The second-order valence-electron chi connectivity index (χ2n) is 9.01. The number of hydrogen-bond donors (Lipinski definition) is 1. The molecule has 0 spiro atoms. The molecular weight excluding hydrogens is 520 g/mol. The highest BCUT2D eigenvalue weighted by Gasteiger charge is 2.33. The molecule has 0 saturated carbocycles. The largest absolute Gasteiger partial charge is 0.486 e. The van der Waals surface area contributed by atoms with E-state index in [1.54, 1.807) is 16.8 Å². The Labute approximate surface area is 217 Å². The molecule has 4 heterocycles. The van der Waals surface area contributed by atoms with Gasteiger partial charge in [-0.2, -0.15) is 4.31 Å². The Morgan fingerprint density at radius 3 is 2.78 bits per heavy atom. The van der Waals surface area contributed by atoms with Gasteiger partial charge in [-0.05, 0) is 42.7 Å². The van der Waals surface area contributed by atoms with Gasteiger partial charge in [-0.25, -0.2) is 18.1 Å². The highest BCUT2D eigenvalue weighted by molar-refractivity contribution is 7.89. The van der Waals surface area contributed by atoms with E-state index in [9.17, 15) is 13.2 Å². The Bertz CT molecular complexity index is 1650. The minimum absolute atomic E-state index is 0.127. The van der Waals surface area contributed by atoms with Crippen molar-refractivity contribution in [2.24, 2.45) is 0 Å². The quantitative estimate of drug-likeness (QED) is 0.407. The van der Waals surface area contributed by atoms with Crippen LogP contribution in [0.25, 0.3) is 11.2 Å². The molecule has 1 saturated heterocycles. The van der Waals surface area contributed by atoms with Gasteiger partial charge in [-0.3, -0.25) is 4.79 Å². The summed E-state index contributed by atoms with van der Waals surface area (Å²) in [6.07, 6.45) is 1.30. The summed E-state index contributed by atoms with van der Waals surface area (Å²) in [5.74, 6) is 1.05. The molecule has 0 amide bonds. The van der Waals surface area contributed by atoms with Gasteiger partial charge in [0.15, 0.2) is 22.7 Å². The number of ether oxygens (including phenoxy) is 2. The van der Waals surface area contributed by atoms with Crippen molar-refractivity contribution in [1.82, 2.24) is 29.3 Å². The van der Waals surface area contributed by atoms with E-state index in [0.717, 1.165) is 5.56 Å². The zero-order valence-electron chi connectivity index (χ0n) is 19.6. The van der Waals surface area contributed by atoms with Crippen LogP contribution in [0.3, 0.4) is 0 Å². The van der Waals surface area contributed by atoms with E-state index in [0.29, 0.717) is 67.1 Å². The molecule has 2 aromatic heterocycles. The highest BCUT2D eigenvalue weighted by Crippen LogP contribution is 2.35.